The first-order valence-electron chi connectivity index (χ1n) is 5.06. The fourth-order valence-electron chi connectivity index (χ4n) is 1.54. The topological polar surface area (TPSA) is 70.3 Å². The zero-order valence-electron chi connectivity index (χ0n) is 9.68. The number of nitrogens with two attached hydrogens (primary N) is 1. The van der Waals surface area contributed by atoms with E-state index in [2.05, 4.69) is 9.97 Å². The Morgan fingerprint density at radius 2 is 1.88 bits per heavy atom. The summed E-state index contributed by atoms with van der Waals surface area (Å²) < 4.78 is 10.3. The molecule has 0 bridgehead atoms. The van der Waals surface area contributed by atoms with Gasteiger partial charge >= 0.3 is 0 Å². The van der Waals surface area contributed by atoms with Gasteiger partial charge in [0.2, 0.25) is 11.8 Å². The van der Waals surface area contributed by atoms with Gasteiger partial charge in [0.15, 0.2) is 0 Å². The summed E-state index contributed by atoms with van der Waals surface area (Å²) in [5, 5.41) is 0. The first-order chi connectivity index (χ1) is 8.26. The van der Waals surface area contributed by atoms with E-state index in [1.807, 2.05) is 18.2 Å². The molecule has 0 radical (unpaired) electrons. The summed E-state index contributed by atoms with van der Waals surface area (Å²) in [4.78, 5) is 8.24. The predicted octanol–water partition coefficient (Wildman–Crippen LogP) is 1.74. The van der Waals surface area contributed by atoms with Gasteiger partial charge in [-0.05, 0) is 18.2 Å². The second kappa shape index (κ2) is 4.69. The Balaban J connectivity index is 2.56. The molecule has 2 aromatic rings. The van der Waals surface area contributed by atoms with Crippen molar-refractivity contribution in [2.75, 3.05) is 20.0 Å². The highest BCUT2D eigenvalue weighted by atomic mass is 16.5. The average molecular weight is 231 g/mol. The van der Waals surface area contributed by atoms with Crippen molar-refractivity contribution in [3.8, 4) is 22.9 Å². The molecule has 0 aromatic carbocycles. The Bertz CT molecular complexity index is 529. The van der Waals surface area contributed by atoms with Crippen LogP contribution in [0.15, 0.2) is 30.5 Å². The van der Waals surface area contributed by atoms with Crippen LogP contribution in [0.5, 0.6) is 11.8 Å². The molecule has 2 heterocycles. The molecule has 2 aromatic heterocycles. The maximum Gasteiger partial charge on any atom is 0.224 e. The van der Waals surface area contributed by atoms with Gasteiger partial charge in [-0.15, -0.1) is 0 Å². The molecule has 0 saturated carbocycles. The molecule has 0 aliphatic carbocycles. The number of aromatic nitrogens is 2. The van der Waals surface area contributed by atoms with Crippen LogP contribution in [0.4, 0.5) is 5.82 Å². The van der Waals surface area contributed by atoms with E-state index in [1.165, 1.54) is 0 Å². The summed E-state index contributed by atoms with van der Waals surface area (Å²) in [6, 6.07) is 7.28. The highest BCUT2D eigenvalue weighted by Gasteiger charge is 2.11. The van der Waals surface area contributed by atoms with Crippen LogP contribution < -0.4 is 15.2 Å². The highest BCUT2D eigenvalue weighted by Crippen LogP contribution is 2.32. The van der Waals surface area contributed by atoms with E-state index in [0.717, 1.165) is 11.1 Å². The van der Waals surface area contributed by atoms with Gasteiger partial charge in [0.05, 0.1) is 14.2 Å². The number of rotatable bonds is 3. The number of hydrogen-bond donors (Lipinski definition) is 1. The fraction of sp³-hybridized carbons (Fsp3) is 0.167. The lowest BCUT2D eigenvalue weighted by Crippen LogP contribution is -1.98. The van der Waals surface area contributed by atoms with Crippen LogP contribution in [-0.4, -0.2) is 24.2 Å². The average Bonchev–Trinajstić information content (AvgIpc) is 2.38. The van der Waals surface area contributed by atoms with Gasteiger partial charge in [0, 0.05) is 23.4 Å². The number of methoxy groups -OCH3 is 2. The van der Waals surface area contributed by atoms with Crippen molar-refractivity contribution in [2.24, 2.45) is 0 Å². The molecule has 5 heteroatoms. The first kappa shape index (κ1) is 11.2. The Morgan fingerprint density at radius 1 is 1.06 bits per heavy atom. The molecule has 88 valence electrons. The third-order valence-electron chi connectivity index (χ3n) is 2.37. The number of hydrogen-bond acceptors (Lipinski definition) is 5. The minimum atomic E-state index is 0.442. The van der Waals surface area contributed by atoms with Crippen LogP contribution in [0.3, 0.4) is 0 Å². The second-order valence-electron chi connectivity index (χ2n) is 3.35. The minimum Gasteiger partial charge on any atom is -0.481 e. The van der Waals surface area contributed by atoms with Crippen LogP contribution in [-0.2, 0) is 0 Å². The van der Waals surface area contributed by atoms with Crippen molar-refractivity contribution in [3.63, 3.8) is 0 Å². The standard InChI is InChI=1S/C12H13N3O2/c1-16-10-6-5-9(12(15-10)17-2)8-4-3-7-14-11(8)13/h3-7H,1-2H3,(H2,13,14). The van der Waals surface area contributed by atoms with Crippen molar-refractivity contribution in [3.05, 3.63) is 30.5 Å². The molecule has 2 rings (SSSR count). The summed E-state index contributed by atoms with van der Waals surface area (Å²) in [6.07, 6.45) is 1.64. The molecule has 2 N–H and O–H groups in total. The van der Waals surface area contributed by atoms with Crippen molar-refractivity contribution < 1.29 is 9.47 Å². The number of anilines is 1. The van der Waals surface area contributed by atoms with E-state index in [1.54, 1.807) is 26.5 Å². The molecule has 0 atom stereocenters. The second-order valence-corrected chi connectivity index (χ2v) is 3.35. The van der Waals surface area contributed by atoms with Gasteiger partial charge in [-0.2, -0.15) is 4.98 Å². The summed E-state index contributed by atoms with van der Waals surface area (Å²) in [7, 11) is 3.11. The smallest absolute Gasteiger partial charge is 0.224 e. The summed E-state index contributed by atoms with van der Waals surface area (Å²) >= 11 is 0. The quantitative estimate of drug-likeness (QED) is 0.871. The Hall–Kier alpha value is -2.30. The molecule has 0 spiro atoms. The Morgan fingerprint density at radius 3 is 2.53 bits per heavy atom. The van der Waals surface area contributed by atoms with Crippen LogP contribution in [0, 0.1) is 0 Å². The SMILES string of the molecule is COc1ccc(-c2cccnc2N)c(OC)n1. The molecule has 0 aliphatic heterocycles. The van der Waals surface area contributed by atoms with Crippen LogP contribution in [0.25, 0.3) is 11.1 Å². The summed E-state index contributed by atoms with van der Waals surface area (Å²) in [5.74, 6) is 1.40. The Labute approximate surface area is 99.2 Å². The van der Waals surface area contributed by atoms with Gasteiger partial charge in [-0.3, -0.25) is 0 Å². The van der Waals surface area contributed by atoms with Crippen molar-refractivity contribution >= 4 is 5.82 Å². The minimum absolute atomic E-state index is 0.442. The molecule has 5 nitrogen and oxygen atoms in total. The zero-order valence-corrected chi connectivity index (χ0v) is 9.68. The Kier molecular flexibility index (Phi) is 3.09. The van der Waals surface area contributed by atoms with Crippen molar-refractivity contribution in [1.82, 2.24) is 9.97 Å². The molecule has 0 fully saturated rings. The van der Waals surface area contributed by atoms with E-state index < -0.39 is 0 Å². The zero-order chi connectivity index (χ0) is 12.3. The van der Waals surface area contributed by atoms with Gasteiger partial charge in [0.1, 0.15) is 5.82 Å². The summed E-state index contributed by atoms with van der Waals surface area (Å²) in [5.41, 5.74) is 7.40. The van der Waals surface area contributed by atoms with Gasteiger partial charge < -0.3 is 15.2 Å². The van der Waals surface area contributed by atoms with Gasteiger partial charge in [0.25, 0.3) is 0 Å². The number of nitrogen functional groups attached to an aromatic ring is 1. The molecular weight excluding hydrogens is 218 g/mol. The lowest BCUT2D eigenvalue weighted by molar-refractivity contribution is 0.366. The summed E-state index contributed by atoms with van der Waals surface area (Å²) in [6.45, 7) is 0. The monoisotopic (exact) mass is 231 g/mol. The molecule has 17 heavy (non-hydrogen) atoms. The lowest BCUT2D eigenvalue weighted by Gasteiger charge is -2.10. The van der Waals surface area contributed by atoms with E-state index in [0.29, 0.717) is 17.6 Å². The van der Waals surface area contributed by atoms with E-state index in [4.69, 9.17) is 15.2 Å². The highest BCUT2D eigenvalue weighted by molar-refractivity contribution is 5.77. The molecule has 0 aliphatic rings. The maximum absolute atomic E-state index is 5.82. The number of nitrogens with zero attached hydrogens (tertiary/aromatic N) is 2. The fourth-order valence-corrected chi connectivity index (χ4v) is 1.54. The van der Waals surface area contributed by atoms with E-state index in [-0.39, 0.29) is 0 Å². The number of ether oxygens (including phenoxy) is 2. The van der Waals surface area contributed by atoms with E-state index in [9.17, 15) is 0 Å². The van der Waals surface area contributed by atoms with Crippen molar-refractivity contribution in [2.45, 2.75) is 0 Å². The number of pyridine rings is 2. The molecule has 0 unspecified atom stereocenters. The third-order valence-corrected chi connectivity index (χ3v) is 2.37. The molecule has 0 saturated heterocycles. The maximum atomic E-state index is 5.82. The third kappa shape index (κ3) is 2.13. The van der Waals surface area contributed by atoms with Crippen LogP contribution >= 0.6 is 0 Å². The largest absolute Gasteiger partial charge is 0.481 e. The molecule has 0 amide bonds. The normalized spacial score (nSPS) is 10.0. The van der Waals surface area contributed by atoms with Gasteiger partial charge in [-0.1, -0.05) is 0 Å². The first-order valence-corrected chi connectivity index (χ1v) is 5.06. The van der Waals surface area contributed by atoms with Crippen LogP contribution in [0.2, 0.25) is 0 Å². The molecular formula is C12H13N3O2. The van der Waals surface area contributed by atoms with Crippen LogP contribution in [0.1, 0.15) is 0 Å². The van der Waals surface area contributed by atoms with Gasteiger partial charge in [-0.25, -0.2) is 4.98 Å². The van der Waals surface area contributed by atoms with Crippen molar-refractivity contribution in [1.29, 1.82) is 0 Å². The van der Waals surface area contributed by atoms with E-state index >= 15 is 0 Å². The lowest BCUT2D eigenvalue weighted by atomic mass is 10.1. The predicted molar refractivity (Wildman–Crippen MR) is 65.0 cm³/mol.